The molecule has 136 heavy (non-hydrogen) atoms. The molecule has 0 saturated heterocycles. The molecule has 0 spiro atoms. The minimum atomic E-state index is -0.613. The number of aromatic nitrogens is 6. The van der Waals surface area contributed by atoms with Crippen LogP contribution in [-0.2, 0) is 18.9 Å². The molecule has 16 heteroatoms. The molecule has 0 radical (unpaired) electrons. The number of unbranched alkanes of at least 4 members (excludes halogenated alkanes) is 30. The van der Waals surface area contributed by atoms with Crippen LogP contribution < -0.4 is 9.47 Å². The molecule has 0 aliphatic heterocycles. The Bertz CT molecular complexity index is 5360. The second-order valence-corrected chi connectivity index (χ2v) is 34.8. The van der Waals surface area contributed by atoms with Gasteiger partial charge in [-0.25, -0.2) is 29.1 Å². The van der Waals surface area contributed by atoms with E-state index in [4.69, 9.17) is 38.4 Å². The summed E-state index contributed by atoms with van der Waals surface area (Å²) in [4.78, 5) is 88.6. The minimum Gasteiger partial charge on any atom is -0.492 e. The van der Waals surface area contributed by atoms with Crippen LogP contribution in [-0.4, -0.2) is 93.4 Å². The maximum absolute atomic E-state index is 15.1. The molecule has 706 valence electrons. The summed E-state index contributed by atoms with van der Waals surface area (Å²) >= 11 is 0. The summed E-state index contributed by atoms with van der Waals surface area (Å²) < 4.78 is 38.5. The Morgan fingerprint density at radius 3 is 0.691 bits per heavy atom. The standard InChI is InChI=1S/C120H136N6O10/c1-7-13-19-25-31-45-75-131-115-89-100(70-68-98-84-104(118(128)134-78-48-34-28-22-16-10-4)96(82-106(98)120(130)136-80-50-36-30-24-18-12-6)66-60-92-57-63-94(64-58-92)102-87-113(109-53-39-43-73-123-109)126-114(88-102)110-54-40-44-74-124-110)116(132-76-46-32-26-20-14-8-2)90-99(115)69-67-97-83-103(117(127)133-77-47-33-27-21-15-9-3)95(81-105(97)119(129)135-79-49-35-29-23-17-11-5)65-59-91-55-61-93(62-56-91)101-85-111(107-51-37-41-71-121-107)125-112(86-101)108-52-38-42-72-122-108/h37-44,51-58,61-64,71-74,81-90H,7-36,45-50,75-80H2,1-6H3. The molecule has 0 N–H and O–H groups in total. The third-order valence-corrected chi connectivity index (χ3v) is 23.9. The molecular formula is C120H136N6O10. The highest BCUT2D eigenvalue weighted by Crippen LogP contribution is 2.35. The molecule has 6 aromatic heterocycles. The number of hydrogen-bond acceptors (Lipinski definition) is 16. The zero-order valence-electron chi connectivity index (χ0n) is 81.1. The van der Waals surface area contributed by atoms with Gasteiger partial charge in [0, 0.05) is 70.3 Å². The van der Waals surface area contributed by atoms with Crippen LogP contribution >= 0.6 is 0 Å². The topological polar surface area (TPSA) is 201 Å². The lowest BCUT2D eigenvalue weighted by Crippen LogP contribution is -2.13. The zero-order chi connectivity index (χ0) is 95.2. The van der Waals surface area contributed by atoms with Crippen LogP contribution in [0.4, 0.5) is 0 Å². The van der Waals surface area contributed by atoms with Gasteiger partial charge >= 0.3 is 23.9 Å². The predicted octanol–water partition coefficient (Wildman–Crippen LogP) is 29.2. The summed E-state index contributed by atoms with van der Waals surface area (Å²) in [6, 6.07) is 57.0. The minimum absolute atomic E-state index is 0.124. The van der Waals surface area contributed by atoms with E-state index in [0.717, 1.165) is 250 Å². The number of nitrogens with zero attached hydrogens (tertiary/aromatic N) is 6. The summed E-state index contributed by atoms with van der Waals surface area (Å²) in [5.41, 5.74) is 13.0. The van der Waals surface area contributed by atoms with Gasteiger partial charge in [0.2, 0.25) is 0 Å². The van der Waals surface area contributed by atoms with Crippen molar-refractivity contribution in [1.29, 1.82) is 0 Å². The average Bonchev–Trinajstić information content (AvgIpc) is 1.46. The highest BCUT2D eigenvalue weighted by molar-refractivity contribution is 6.00. The SMILES string of the molecule is CCCCCCCCOC(=O)c1cc(C#Cc2cc(OCCCCCCCC)c(C#Cc3cc(C(=O)OCCCCCCCC)c(C#Cc4ccc(-c5cc(-c6ccccn6)nc(-c6ccccn6)c5)cc4)cc3C(=O)OCCCCCCCC)cc2OCCCCCCCC)c(C(=O)OCCCCCCCC)cc1C#Cc1ccc(-c2cc(-c3ccccn3)nc(-c3ccccn3)c2)cc1. The van der Waals surface area contributed by atoms with Crippen molar-refractivity contribution in [3.63, 3.8) is 0 Å². The largest absolute Gasteiger partial charge is 0.492 e. The first kappa shape index (κ1) is 103. The van der Waals surface area contributed by atoms with Crippen molar-refractivity contribution in [3.8, 4) is 127 Å². The van der Waals surface area contributed by atoms with Crippen molar-refractivity contribution in [1.82, 2.24) is 29.9 Å². The highest BCUT2D eigenvalue weighted by Gasteiger charge is 2.25. The molecule has 6 heterocycles. The summed E-state index contributed by atoms with van der Waals surface area (Å²) in [6.45, 7) is 14.6. The van der Waals surface area contributed by atoms with Crippen molar-refractivity contribution in [3.05, 3.63) is 274 Å². The second-order valence-electron chi connectivity index (χ2n) is 34.8. The Kier molecular flexibility index (Phi) is 45.1. The fraction of sp³-hybridized carbons (Fsp3) is 0.400. The lowest BCUT2D eigenvalue weighted by molar-refractivity contribution is 0.0482. The Labute approximate surface area is 809 Å². The molecular weight excluding hydrogens is 1690 g/mol. The van der Waals surface area contributed by atoms with E-state index >= 15 is 9.59 Å². The Balaban J connectivity index is 1.04. The van der Waals surface area contributed by atoms with Crippen LogP contribution in [0.15, 0.2) is 207 Å². The molecule has 0 fully saturated rings. The van der Waals surface area contributed by atoms with Crippen molar-refractivity contribution >= 4 is 23.9 Å². The third-order valence-electron chi connectivity index (χ3n) is 23.9. The number of carbonyl (C=O) groups is 4. The fourth-order valence-corrected chi connectivity index (χ4v) is 15.9. The van der Waals surface area contributed by atoms with Gasteiger partial charge in [0.1, 0.15) is 11.5 Å². The van der Waals surface area contributed by atoms with Crippen molar-refractivity contribution in [2.75, 3.05) is 39.6 Å². The van der Waals surface area contributed by atoms with Crippen molar-refractivity contribution < 1.29 is 47.6 Å². The first-order valence-corrected chi connectivity index (χ1v) is 50.4. The maximum Gasteiger partial charge on any atom is 0.339 e. The van der Waals surface area contributed by atoms with Crippen molar-refractivity contribution in [2.24, 2.45) is 0 Å². The van der Waals surface area contributed by atoms with E-state index in [1.165, 1.54) is 0 Å². The normalized spacial score (nSPS) is 10.8. The molecule has 11 rings (SSSR count). The zero-order valence-corrected chi connectivity index (χ0v) is 81.1. The van der Waals surface area contributed by atoms with Gasteiger partial charge in [-0.1, -0.05) is 330 Å². The number of pyridine rings is 6. The molecule has 0 unspecified atom stereocenters. The lowest BCUT2D eigenvalue weighted by Gasteiger charge is -2.14. The van der Waals surface area contributed by atoms with Gasteiger partial charge in [0.05, 0.1) is 119 Å². The number of carbonyl (C=O) groups excluding carboxylic acids is 4. The van der Waals surface area contributed by atoms with Crippen LogP contribution in [0.2, 0.25) is 0 Å². The molecule has 11 aromatic rings. The van der Waals surface area contributed by atoms with E-state index < -0.39 is 23.9 Å². The van der Waals surface area contributed by atoms with Crippen molar-refractivity contribution in [2.45, 2.75) is 273 Å². The first-order chi connectivity index (χ1) is 66.9. The third kappa shape index (κ3) is 34.3. The molecule has 0 atom stereocenters. The fourth-order valence-electron chi connectivity index (χ4n) is 15.9. The van der Waals surface area contributed by atoms with Gasteiger partial charge in [-0.2, -0.15) is 0 Å². The van der Waals surface area contributed by atoms with Gasteiger partial charge in [0.15, 0.2) is 0 Å². The van der Waals surface area contributed by atoms with Crippen LogP contribution in [0, 0.1) is 47.4 Å². The average molecular weight is 1820 g/mol. The lowest BCUT2D eigenvalue weighted by atomic mass is 9.97. The molecule has 16 nitrogen and oxygen atoms in total. The Morgan fingerprint density at radius 2 is 0.449 bits per heavy atom. The number of benzene rings is 5. The molecule has 0 bridgehead atoms. The van der Waals surface area contributed by atoms with Crippen LogP contribution in [0.3, 0.4) is 0 Å². The van der Waals surface area contributed by atoms with Crippen LogP contribution in [0.1, 0.15) is 359 Å². The van der Waals surface area contributed by atoms with Gasteiger partial charge in [-0.3, -0.25) is 19.9 Å². The number of hydrogen-bond donors (Lipinski definition) is 0. The van der Waals surface area contributed by atoms with Gasteiger partial charge in [-0.05, 0) is 182 Å². The molecule has 0 amide bonds. The van der Waals surface area contributed by atoms with Crippen LogP contribution in [0.5, 0.6) is 11.5 Å². The smallest absolute Gasteiger partial charge is 0.339 e. The number of rotatable bonds is 54. The Morgan fingerprint density at radius 1 is 0.221 bits per heavy atom. The van der Waals surface area contributed by atoms with Gasteiger partial charge in [0.25, 0.3) is 0 Å². The number of esters is 4. The van der Waals surface area contributed by atoms with E-state index in [1.807, 2.05) is 158 Å². The van der Waals surface area contributed by atoms with E-state index in [2.05, 4.69) is 109 Å². The summed E-state index contributed by atoms with van der Waals surface area (Å²) in [7, 11) is 0. The first-order valence-electron chi connectivity index (χ1n) is 50.4. The molecule has 0 aliphatic carbocycles. The summed E-state index contributed by atoms with van der Waals surface area (Å²) in [5.74, 6) is 25.4. The maximum atomic E-state index is 15.1. The van der Waals surface area contributed by atoms with E-state index in [9.17, 15) is 9.59 Å². The van der Waals surface area contributed by atoms with Gasteiger partial charge in [-0.15, -0.1) is 0 Å². The number of ether oxygens (including phenoxy) is 6. The van der Waals surface area contributed by atoms with E-state index in [0.29, 0.717) is 95.4 Å². The second kappa shape index (κ2) is 59.5. The monoisotopic (exact) mass is 1820 g/mol. The van der Waals surface area contributed by atoms with Gasteiger partial charge < -0.3 is 28.4 Å². The van der Waals surface area contributed by atoms with E-state index in [1.54, 1.807) is 49.1 Å². The van der Waals surface area contributed by atoms with Crippen LogP contribution in [0.25, 0.3) is 67.8 Å². The quantitative estimate of drug-likeness (QED) is 0.0151. The summed E-state index contributed by atoms with van der Waals surface area (Å²) in [6.07, 6.45) is 42.9. The predicted molar refractivity (Wildman–Crippen MR) is 548 cm³/mol. The van der Waals surface area contributed by atoms with E-state index in [-0.39, 0.29) is 70.9 Å². The molecule has 0 saturated carbocycles. The molecule has 5 aromatic carbocycles. The Hall–Kier alpha value is -13.3. The highest BCUT2D eigenvalue weighted by atomic mass is 16.5. The summed E-state index contributed by atoms with van der Waals surface area (Å²) in [5, 5.41) is 0. The molecule has 0 aliphatic rings.